The molecule has 0 spiro atoms. The van der Waals surface area contributed by atoms with Gasteiger partial charge in [0.25, 0.3) is 11.8 Å². The molecular weight excluding hydrogens is 478 g/mol. The zero-order valence-electron chi connectivity index (χ0n) is 16.5. The molecule has 31 heavy (non-hydrogen) atoms. The molecule has 1 saturated carbocycles. The highest BCUT2D eigenvalue weighted by Gasteiger charge is 2.25. The Kier molecular flexibility index (Phi) is 6.48. The van der Waals surface area contributed by atoms with E-state index in [9.17, 15) is 14.4 Å². The Balaban J connectivity index is 1.32. The molecule has 0 atom stereocenters. The van der Waals surface area contributed by atoms with Gasteiger partial charge in [-0.25, -0.2) is 0 Å². The van der Waals surface area contributed by atoms with Crippen LogP contribution in [-0.2, 0) is 11.2 Å². The minimum atomic E-state index is -0.201. The molecule has 3 amide bonds. The molecule has 0 saturated heterocycles. The minimum Gasteiger partial charge on any atom is -0.349 e. The van der Waals surface area contributed by atoms with E-state index in [-0.39, 0.29) is 30.2 Å². The first-order chi connectivity index (χ1) is 15.0. The van der Waals surface area contributed by atoms with Crippen LogP contribution < -0.4 is 16.0 Å². The van der Waals surface area contributed by atoms with Gasteiger partial charge in [-0.2, -0.15) is 0 Å². The summed E-state index contributed by atoms with van der Waals surface area (Å²) in [5.41, 5.74) is 2.51. The molecule has 4 rings (SSSR count). The molecule has 1 aliphatic rings. The summed E-state index contributed by atoms with van der Waals surface area (Å²) in [5.74, 6) is -0.549. The quantitative estimate of drug-likeness (QED) is 0.436. The Labute approximate surface area is 192 Å². The van der Waals surface area contributed by atoms with Crippen molar-refractivity contribution in [1.29, 1.82) is 0 Å². The van der Waals surface area contributed by atoms with Crippen molar-refractivity contribution in [2.24, 2.45) is 0 Å². The van der Waals surface area contributed by atoms with Crippen molar-refractivity contribution in [1.82, 2.24) is 5.32 Å². The lowest BCUT2D eigenvalue weighted by molar-refractivity contribution is -0.115. The number of rotatable bonds is 7. The van der Waals surface area contributed by atoms with Crippen molar-refractivity contribution in [3.05, 3.63) is 81.1 Å². The van der Waals surface area contributed by atoms with Crippen LogP contribution in [0.1, 0.15) is 39.1 Å². The van der Waals surface area contributed by atoms with Gasteiger partial charge in [-0.15, -0.1) is 11.3 Å². The van der Waals surface area contributed by atoms with Gasteiger partial charge in [-0.3, -0.25) is 14.4 Å². The summed E-state index contributed by atoms with van der Waals surface area (Å²) >= 11 is 4.68. The lowest BCUT2D eigenvalue weighted by atomic mass is 10.1. The molecule has 2 aromatic carbocycles. The second-order valence-electron chi connectivity index (χ2n) is 7.29. The fraction of sp³-hybridized carbons (Fsp3) is 0.174. The van der Waals surface area contributed by atoms with Crippen LogP contribution in [-0.4, -0.2) is 23.8 Å². The van der Waals surface area contributed by atoms with Gasteiger partial charge in [0.2, 0.25) is 5.91 Å². The maximum Gasteiger partial charge on any atom is 0.255 e. The molecule has 1 fully saturated rings. The van der Waals surface area contributed by atoms with Gasteiger partial charge in [0.05, 0.1) is 12.0 Å². The van der Waals surface area contributed by atoms with E-state index in [1.165, 1.54) is 11.3 Å². The van der Waals surface area contributed by atoms with Crippen LogP contribution in [0.15, 0.2) is 64.5 Å². The fourth-order valence-corrected chi connectivity index (χ4v) is 4.01. The molecular formula is C23H20BrN3O3S. The predicted octanol–water partition coefficient (Wildman–Crippen LogP) is 4.84. The van der Waals surface area contributed by atoms with Crippen LogP contribution in [0.4, 0.5) is 10.7 Å². The van der Waals surface area contributed by atoms with Crippen LogP contribution in [0.3, 0.4) is 0 Å². The lowest BCUT2D eigenvalue weighted by Crippen LogP contribution is -2.26. The van der Waals surface area contributed by atoms with Crippen LogP contribution in [0.25, 0.3) is 0 Å². The van der Waals surface area contributed by atoms with Crippen LogP contribution >= 0.6 is 27.3 Å². The zero-order valence-corrected chi connectivity index (χ0v) is 18.9. The van der Waals surface area contributed by atoms with Crippen LogP contribution in [0.5, 0.6) is 0 Å². The van der Waals surface area contributed by atoms with Gasteiger partial charge in [0.1, 0.15) is 5.00 Å². The maximum absolute atomic E-state index is 12.5. The molecule has 6 nitrogen and oxygen atoms in total. The van der Waals surface area contributed by atoms with Crippen molar-refractivity contribution >= 4 is 55.7 Å². The van der Waals surface area contributed by atoms with Gasteiger partial charge in [-0.1, -0.05) is 28.1 Å². The van der Waals surface area contributed by atoms with Crippen LogP contribution in [0.2, 0.25) is 0 Å². The van der Waals surface area contributed by atoms with E-state index in [1.807, 2.05) is 12.1 Å². The summed E-state index contributed by atoms with van der Waals surface area (Å²) in [6.45, 7) is 0. The number of carbonyl (C=O) groups is 3. The number of benzene rings is 2. The van der Waals surface area contributed by atoms with Gasteiger partial charge >= 0.3 is 0 Å². The molecule has 0 bridgehead atoms. The van der Waals surface area contributed by atoms with Crippen molar-refractivity contribution < 1.29 is 14.4 Å². The summed E-state index contributed by atoms with van der Waals surface area (Å²) in [6.07, 6.45) is 2.19. The van der Waals surface area contributed by atoms with Gasteiger partial charge in [-0.05, 0) is 66.2 Å². The summed E-state index contributed by atoms with van der Waals surface area (Å²) in [6, 6.07) is 16.2. The Morgan fingerprint density at radius 1 is 0.903 bits per heavy atom. The first kappa shape index (κ1) is 21.3. The molecule has 8 heteroatoms. The molecule has 0 aliphatic heterocycles. The van der Waals surface area contributed by atoms with Gasteiger partial charge in [0, 0.05) is 21.8 Å². The molecule has 1 heterocycles. The van der Waals surface area contributed by atoms with Gasteiger partial charge < -0.3 is 16.0 Å². The van der Waals surface area contributed by atoms with E-state index in [0.29, 0.717) is 21.8 Å². The average molecular weight is 498 g/mol. The highest BCUT2D eigenvalue weighted by molar-refractivity contribution is 9.10. The van der Waals surface area contributed by atoms with E-state index >= 15 is 0 Å². The minimum absolute atomic E-state index is 0.148. The summed E-state index contributed by atoms with van der Waals surface area (Å²) in [4.78, 5) is 37.0. The Morgan fingerprint density at radius 2 is 1.61 bits per heavy atom. The highest BCUT2D eigenvalue weighted by Crippen LogP contribution is 2.26. The van der Waals surface area contributed by atoms with E-state index in [1.54, 1.807) is 47.8 Å². The Morgan fingerprint density at radius 3 is 2.29 bits per heavy atom. The molecule has 158 valence electrons. The van der Waals surface area contributed by atoms with E-state index in [2.05, 4.69) is 31.9 Å². The number of thiophene rings is 1. The second-order valence-corrected chi connectivity index (χ2v) is 9.13. The van der Waals surface area contributed by atoms with Crippen LogP contribution in [0, 0.1) is 0 Å². The SMILES string of the molecule is O=C(Cc1ccc(NC(=O)c2ccc(Br)cc2)cc1)Nc1sccc1C(=O)NC1CC1. The van der Waals surface area contributed by atoms with Gasteiger partial charge in [0.15, 0.2) is 0 Å². The highest BCUT2D eigenvalue weighted by atomic mass is 79.9. The van der Waals surface area contributed by atoms with Crippen molar-refractivity contribution in [3.8, 4) is 0 Å². The first-order valence-corrected chi connectivity index (χ1v) is 11.5. The maximum atomic E-state index is 12.5. The Hall–Kier alpha value is -2.97. The van der Waals surface area contributed by atoms with E-state index in [4.69, 9.17) is 0 Å². The molecule has 1 aliphatic carbocycles. The largest absolute Gasteiger partial charge is 0.349 e. The molecule has 0 unspecified atom stereocenters. The number of hydrogen-bond acceptors (Lipinski definition) is 4. The number of anilines is 2. The standard InChI is InChI=1S/C23H20BrN3O3S/c24-16-5-3-15(4-6-16)21(29)25-17-7-1-14(2-8-17)13-20(28)27-23-19(11-12-31-23)22(30)26-18-9-10-18/h1-8,11-12,18H,9-10,13H2,(H,25,29)(H,26,30)(H,27,28). The van der Waals surface area contributed by atoms with E-state index < -0.39 is 0 Å². The van der Waals surface area contributed by atoms with Crippen molar-refractivity contribution in [3.63, 3.8) is 0 Å². The number of nitrogens with one attached hydrogen (secondary N) is 3. The normalized spacial score (nSPS) is 12.8. The first-order valence-electron chi connectivity index (χ1n) is 9.82. The van der Waals surface area contributed by atoms with Crippen molar-refractivity contribution in [2.45, 2.75) is 25.3 Å². The number of halogens is 1. The molecule has 3 aromatic rings. The third-order valence-electron chi connectivity index (χ3n) is 4.76. The summed E-state index contributed by atoms with van der Waals surface area (Å²) in [5, 5.41) is 11.0. The third-order valence-corrected chi connectivity index (χ3v) is 6.12. The molecule has 0 radical (unpaired) electrons. The molecule has 1 aromatic heterocycles. The summed E-state index contributed by atoms with van der Waals surface area (Å²) < 4.78 is 0.907. The summed E-state index contributed by atoms with van der Waals surface area (Å²) in [7, 11) is 0. The Bertz CT molecular complexity index is 1110. The smallest absolute Gasteiger partial charge is 0.255 e. The monoisotopic (exact) mass is 497 g/mol. The third kappa shape index (κ3) is 5.80. The fourth-order valence-electron chi connectivity index (χ4n) is 2.94. The predicted molar refractivity (Wildman–Crippen MR) is 126 cm³/mol. The lowest BCUT2D eigenvalue weighted by Gasteiger charge is -2.08. The topological polar surface area (TPSA) is 87.3 Å². The number of carbonyl (C=O) groups excluding carboxylic acids is 3. The number of amides is 3. The zero-order chi connectivity index (χ0) is 21.8. The average Bonchev–Trinajstić information content (AvgIpc) is 3.44. The number of hydrogen-bond donors (Lipinski definition) is 3. The van der Waals surface area contributed by atoms with E-state index in [0.717, 1.165) is 22.9 Å². The second kappa shape index (κ2) is 9.45. The van der Waals surface area contributed by atoms with Crippen molar-refractivity contribution in [2.75, 3.05) is 10.6 Å². The molecule has 3 N–H and O–H groups in total.